The van der Waals surface area contributed by atoms with Gasteiger partial charge in [-0.1, -0.05) is 25.8 Å². The zero-order chi connectivity index (χ0) is 13.1. The lowest BCUT2D eigenvalue weighted by molar-refractivity contribution is 0.403. The summed E-state index contributed by atoms with van der Waals surface area (Å²) in [5.41, 5.74) is 6.24. The third-order valence-electron chi connectivity index (χ3n) is 2.21. The Morgan fingerprint density at radius 3 is 2.29 bits per heavy atom. The number of alkyl halides is 1. The van der Waals surface area contributed by atoms with E-state index >= 15 is 0 Å². The fraction of sp³-hybridized carbons (Fsp3) is 0.538. The van der Waals surface area contributed by atoms with Crippen LogP contribution in [0.25, 0.3) is 0 Å². The molecule has 1 aromatic rings. The van der Waals surface area contributed by atoms with Crippen molar-refractivity contribution in [3.05, 3.63) is 23.8 Å². The van der Waals surface area contributed by atoms with E-state index in [9.17, 15) is 0 Å². The summed E-state index contributed by atoms with van der Waals surface area (Å²) in [5.74, 6) is 0.648. The van der Waals surface area contributed by atoms with Crippen molar-refractivity contribution >= 4 is 11.6 Å². The van der Waals surface area contributed by atoms with E-state index in [0.717, 1.165) is 11.4 Å². The Bertz CT molecular complexity index is 301. The summed E-state index contributed by atoms with van der Waals surface area (Å²) in [7, 11) is 0. The maximum absolute atomic E-state index is 9.04. The van der Waals surface area contributed by atoms with Crippen molar-refractivity contribution in [2.75, 3.05) is 12.4 Å². The highest BCUT2D eigenvalue weighted by Gasteiger charge is 1.98. The summed E-state index contributed by atoms with van der Waals surface area (Å²) in [6.07, 6.45) is 4.45. The molecule has 0 saturated heterocycles. The van der Waals surface area contributed by atoms with Gasteiger partial charge in [-0.05, 0) is 37.1 Å². The van der Waals surface area contributed by atoms with Crippen molar-refractivity contribution in [1.82, 2.24) is 0 Å². The second kappa shape index (κ2) is 10.2. The number of unbranched alkanes of at least 4 members (excludes halogenated alkanes) is 2. The van der Waals surface area contributed by atoms with Crippen LogP contribution in [0.1, 0.15) is 31.7 Å². The molecule has 1 rings (SSSR count). The van der Waals surface area contributed by atoms with Gasteiger partial charge in [0.05, 0.1) is 0 Å². The van der Waals surface area contributed by atoms with Crippen molar-refractivity contribution in [3.8, 4) is 11.5 Å². The molecular formula is C13H22ClNO2. The minimum absolute atomic E-state index is 0.0871. The van der Waals surface area contributed by atoms with Crippen molar-refractivity contribution in [2.45, 2.75) is 32.6 Å². The van der Waals surface area contributed by atoms with Crippen molar-refractivity contribution < 1.29 is 10.2 Å². The lowest BCUT2D eigenvalue weighted by Gasteiger charge is -2.00. The zero-order valence-electron chi connectivity index (χ0n) is 10.3. The molecule has 0 aliphatic carbocycles. The standard InChI is InChI=1S/C8H11NO2.C5H11Cl/c9-4-3-6-1-2-7(10)8(11)5-6;1-2-3-4-5-6/h1-2,5,10-11H,3-4,9H2;2-5H2,1H3. The SMILES string of the molecule is CCCCCCl.NCCc1ccc(O)c(O)c1. The molecule has 0 aliphatic heterocycles. The zero-order valence-corrected chi connectivity index (χ0v) is 11.1. The van der Waals surface area contributed by atoms with Gasteiger partial charge in [-0.15, -0.1) is 11.6 Å². The van der Waals surface area contributed by atoms with Gasteiger partial charge in [0, 0.05) is 5.88 Å². The predicted octanol–water partition coefficient (Wildman–Crippen LogP) is 3.01. The van der Waals surface area contributed by atoms with Gasteiger partial charge in [-0.2, -0.15) is 0 Å². The van der Waals surface area contributed by atoms with Crippen LogP contribution < -0.4 is 5.73 Å². The van der Waals surface area contributed by atoms with Gasteiger partial charge in [0.25, 0.3) is 0 Å². The average Bonchev–Trinajstić information content (AvgIpc) is 2.32. The third-order valence-corrected chi connectivity index (χ3v) is 2.48. The summed E-state index contributed by atoms with van der Waals surface area (Å²) in [6.45, 7) is 2.72. The second-order valence-electron chi connectivity index (χ2n) is 3.76. The first-order valence-electron chi connectivity index (χ1n) is 5.92. The number of phenols is 2. The number of benzene rings is 1. The molecule has 0 unspecified atom stereocenters. The lowest BCUT2D eigenvalue weighted by Crippen LogP contribution is -2.02. The molecule has 4 heteroatoms. The summed E-state index contributed by atoms with van der Waals surface area (Å²) in [6, 6.07) is 4.71. The fourth-order valence-corrected chi connectivity index (χ4v) is 1.42. The summed E-state index contributed by atoms with van der Waals surface area (Å²) in [4.78, 5) is 0. The first-order chi connectivity index (χ1) is 8.15. The first-order valence-corrected chi connectivity index (χ1v) is 6.46. The van der Waals surface area contributed by atoms with E-state index in [4.69, 9.17) is 27.5 Å². The summed E-state index contributed by atoms with van der Waals surface area (Å²) < 4.78 is 0. The van der Waals surface area contributed by atoms with E-state index in [2.05, 4.69) is 6.92 Å². The highest BCUT2D eigenvalue weighted by Crippen LogP contribution is 2.24. The number of halogens is 1. The second-order valence-corrected chi connectivity index (χ2v) is 4.14. The lowest BCUT2D eigenvalue weighted by atomic mass is 10.1. The van der Waals surface area contributed by atoms with E-state index in [1.54, 1.807) is 6.07 Å². The minimum atomic E-state index is -0.0919. The predicted molar refractivity (Wildman–Crippen MR) is 72.8 cm³/mol. The number of aromatic hydroxyl groups is 2. The Kier molecular flexibility index (Phi) is 9.68. The van der Waals surface area contributed by atoms with Crippen molar-refractivity contribution in [2.24, 2.45) is 5.73 Å². The minimum Gasteiger partial charge on any atom is -0.504 e. The van der Waals surface area contributed by atoms with Crippen LogP contribution in [0.4, 0.5) is 0 Å². The van der Waals surface area contributed by atoms with Gasteiger partial charge in [-0.25, -0.2) is 0 Å². The molecule has 0 atom stereocenters. The molecule has 0 amide bonds. The quantitative estimate of drug-likeness (QED) is 0.433. The van der Waals surface area contributed by atoms with Crippen LogP contribution in [0.3, 0.4) is 0 Å². The number of hydrogen-bond acceptors (Lipinski definition) is 3. The van der Waals surface area contributed by atoms with Crippen molar-refractivity contribution in [3.63, 3.8) is 0 Å². The van der Waals surface area contributed by atoms with Gasteiger partial charge in [0.2, 0.25) is 0 Å². The van der Waals surface area contributed by atoms with Crippen LogP contribution >= 0.6 is 11.6 Å². The maximum Gasteiger partial charge on any atom is 0.157 e. The number of nitrogens with two attached hydrogens (primary N) is 1. The molecule has 0 bridgehead atoms. The number of phenolic OH excluding ortho intramolecular Hbond substituents is 2. The Balaban J connectivity index is 0.000000366. The van der Waals surface area contributed by atoms with E-state index in [1.807, 2.05) is 0 Å². The number of hydrogen-bond donors (Lipinski definition) is 3. The fourth-order valence-electron chi connectivity index (χ4n) is 1.24. The summed E-state index contributed by atoms with van der Waals surface area (Å²) in [5, 5.41) is 18.0. The first kappa shape index (κ1) is 16.1. The van der Waals surface area contributed by atoms with E-state index < -0.39 is 0 Å². The highest BCUT2D eigenvalue weighted by atomic mass is 35.5. The Labute approximate surface area is 108 Å². The summed E-state index contributed by atoms with van der Waals surface area (Å²) >= 11 is 5.38. The molecule has 0 radical (unpaired) electrons. The third kappa shape index (κ3) is 7.88. The van der Waals surface area contributed by atoms with Crippen LogP contribution in [0.15, 0.2) is 18.2 Å². The molecule has 0 spiro atoms. The molecule has 0 heterocycles. The number of rotatable bonds is 5. The van der Waals surface area contributed by atoms with Crippen molar-refractivity contribution in [1.29, 1.82) is 0 Å². The smallest absolute Gasteiger partial charge is 0.157 e. The van der Waals surface area contributed by atoms with Gasteiger partial charge >= 0.3 is 0 Å². The maximum atomic E-state index is 9.04. The van der Waals surface area contributed by atoms with E-state index in [1.165, 1.54) is 31.4 Å². The van der Waals surface area contributed by atoms with Crippen LogP contribution in [0.2, 0.25) is 0 Å². The van der Waals surface area contributed by atoms with Gasteiger partial charge in [0.1, 0.15) is 0 Å². The average molecular weight is 260 g/mol. The van der Waals surface area contributed by atoms with Crippen LogP contribution in [-0.4, -0.2) is 22.6 Å². The van der Waals surface area contributed by atoms with E-state index in [-0.39, 0.29) is 11.5 Å². The molecule has 0 saturated carbocycles. The van der Waals surface area contributed by atoms with E-state index in [0.29, 0.717) is 13.0 Å². The van der Waals surface area contributed by atoms with Gasteiger partial charge < -0.3 is 15.9 Å². The molecule has 0 aliphatic rings. The van der Waals surface area contributed by atoms with Gasteiger partial charge in [0.15, 0.2) is 11.5 Å². The largest absolute Gasteiger partial charge is 0.504 e. The Morgan fingerprint density at radius 1 is 1.18 bits per heavy atom. The molecule has 4 N–H and O–H groups in total. The molecule has 0 aromatic heterocycles. The molecular weight excluding hydrogens is 238 g/mol. The van der Waals surface area contributed by atoms with Crippen LogP contribution in [0, 0.1) is 0 Å². The molecule has 1 aromatic carbocycles. The highest BCUT2D eigenvalue weighted by molar-refractivity contribution is 6.17. The Morgan fingerprint density at radius 2 is 1.88 bits per heavy atom. The molecule has 98 valence electrons. The Hall–Kier alpha value is -0.930. The topological polar surface area (TPSA) is 66.5 Å². The van der Waals surface area contributed by atoms with Crippen LogP contribution in [0.5, 0.6) is 11.5 Å². The molecule has 0 fully saturated rings. The van der Waals surface area contributed by atoms with Gasteiger partial charge in [-0.3, -0.25) is 0 Å². The molecule has 3 nitrogen and oxygen atoms in total. The normalized spacial score (nSPS) is 9.59. The molecule has 17 heavy (non-hydrogen) atoms. The van der Waals surface area contributed by atoms with Crippen LogP contribution in [-0.2, 0) is 6.42 Å². The monoisotopic (exact) mass is 259 g/mol.